The largest absolute Gasteiger partial charge is 0.408 e. The van der Waals surface area contributed by atoms with Crippen LogP contribution in [0.15, 0.2) is 18.2 Å². The zero-order valence-corrected chi connectivity index (χ0v) is 8.68. The third-order valence-electron chi connectivity index (χ3n) is 2.92. The fourth-order valence-corrected chi connectivity index (χ4v) is 2.18. The highest BCUT2D eigenvalue weighted by Crippen LogP contribution is 2.41. The molecule has 1 aromatic carbocycles. The summed E-state index contributed by atoms with van der Waals surface area (Å²) < 4.78 is 51.9. The predicted molar refractivity (Wildman–Crippen MR) is 51.5 cm³/mol. The summed E-state index contributed by atoms with van der Waals surface area (Å²) in [4.78, 5) is 1.21. The van der Waals surface area contributed by atoms with E-state index in [9.17, 15) is 17.6 Å². The van der Waals surface area contributed by atoms with Crippen molar-refractivity contribution in [1.29, 1.82) is 0 Å². The van der Waals surface area contributed by atoms with E-state index >= 15 is 0 Å². The Labute approximate surface area is 90.7 Å². The first-order chi connectivity index (χ1) is 7.41. The molecular formula is C11H11F4N. The Bertz CT molecular complexity index is 399. The second kappa shape index (κ2) is 3.73. The highest BCUT2D eigenvalue weighted by molar-refractivity contribution is 5.34. The molecule has 2 rings (SSSR count). The van der Waals surface area contributed by atoms with Crippen LogP contribution in [0.5, 0.6) is 0 Å². The minimum Gasteiger partial charge on any atom is -0.291 e. The molecule has 1 aliphatic rings. The van der Waals surface area contributed by atoms with Crippen molar-refractivity contribution in [1.82, 2.24) is 4.90 Å². The van der Waals surface area contributed by atoms with Crippen LogP contribution in [0.3, 0.4) is 0 Å². The van der Waals surface area contributed by atoms with E-state index in [0.717, 1.165) is 0 Å². The molecular weight excluding hydrogens is 222 g/mol. The Morgan fingerprint density at radius 3 is 2.62 bits per heavy atom. The fraction of sp³-hybridized carbons (Fsp3) is 0.455. The Morgan fingerprint density at radius 2 is 2.00 bits per heavy atom. The molecule has 5 heteroatoms. The molecule has 0 radical (unpaired) electrons. The second-order valence-corrected chi connectivity index (χ2v) is 3.98. The number of alkyl halides is 3. The minimum atomic E-state index is -4.36. The van der Waals surface area contributed by atoms with E-state index < -0.39 is 18.0 Å². The number of hydrogen-bond donors (Lipinski definition) is 0. The number of rotatable bonds is 0. The number of nitrogens with zero attached hydrogens (tertiary/aromatic N) is 1. The van der Waals surface area contributed by atoms with Gasteiger partial charge in [-0.25, -0.2) is 4.39 Å². The number of benzene rings is 1. The van der Waals surface area contributed by atoms with Gasteiger partial charge >= 0.3 is 6.18 Å². The number of halogens is 4. The maximum atomic E-state index is 13.4. The van der Waals surface area contributed by atoms with Gasteiger partial charge in [0.15, 0.2) is 0 Å². The van der Waals surface area contributed by atoms with Crippen LogP contribution in [-0.2, 0) is 6.42 Å². The van der Waals surface area contributed by atoms with E-state index in [4.69, 9.17) is 0 Å². The van der Waals surface area contributed by atoms with Gasteiger partial charge in [0.05, 0.1) is 0 Å². The smallest absolute Gasteiger partial charge is 0.291 e. The van der Waals surface area contributed by atoms with Crippen molar-refractivity contribution in [2.45, 2.75) is 18.6 Å². The van der Waals surface area contributed by atoms with Crippen LogP contribution in [0.4, 0.5) is 17.6 Å². The summed E-state index contributed by atoms with van der Waals surface area (Å²) in [6.45, 7) is 0.220. The third kappa shape index (κ3) is 1.80. The van der Waals surface area contributed by atoms with Crippen LogP contribution in [0.1, 0.15) is 17.2 Å². The summed E-state index contributed by atoms with van der Waals surface area (Å²) in [7, 11) is 1.41. The Hall–Kier alpha value is -1.10. The van der Waals surface area contributed by atoms with Crippen LogP contribution in [0.2, 0.25) is 0 Å². The van der Waals surface area contributed by atoms with Crippen molar-refractivity contribution >= 4 is 0 Å². The van der Waals surface area contributed by atoms with E-state index in [1.54, 1.807) is 0 Å². The maximum Gasteiger partial charge on any atom is 0.408 e. The average molecular weight is 233 g/mol. The third-order valence-corrected chi connectivity index (χ3v) is 2.92. The van der Waals surface area contributed by atoms with Gasteiger partial charge in [-0.15, -0.1) is 0 Å². The van der Waals surface area contributed by atoms with Crippen molar-refractivity contribution in [2.75, 3.05) is 13.6 Å². The SMILES string of the molecule is CN1CCc2c(F)cccc2C1C(F)(F)F. The molecule has 0 aliphatic carbocycles. The molecule has 1 heterocycles. The van der Waals surface area contributed by atoms with Gasteiger partial charge < -0.3 is 0 Å². The van der Waals surface area contributed by atoms with Gasteiger partial charge in [0.25, 0.3) is 0 Å². The van der Waals surface area contributed by atoms with Crippen molar-refractivity contribution in [3.63, 3.8) is 0 Å². The second-order valence-electron chi connectivity index (χ2n) is 3.98. The maximum absolute atomic E-state index is 13.4. The summed E-state index contributed by atoms with van der Waals surface area (Å²) in [6, 6.07) is 2.20. The lowest BCUT2D eigenvalue weighted by Gasteiger charge is -2.35. The van der Waals surface area contributed by atoms with Gasteiger partial charge in [-0.2, -0.15) is 13.2 Å². The van der Waals surface area contributed by atoms with Gasteiger partial charge in [0.2, 0.25) is 0 Å². The summed E-state index contributed by atoms with van der Waals surface area (Å²) in [5.41, 5.74) is 0.240. The highest BCUT2D eigenvalue weighted by Gasteiger charge is 2.46. The predicted octanol–water partition coefficient (Wildman–Crippen LogP) is 2.92. The molecule has 0 saturated carbocycles. The molecule has 1 aromatic rings. The topological polar surface area (TPSA) is 3.24 Å². The molecule has 0 saturated heterocycles. The van der Waals surface area contributed by atoms with E-state index in [1.165, 1.54) is 30.1 Å². The molecule has 0 spiro atoms. The molecule has 0 N–H and O–H groups in total. The zero-order valence-electron chi connectivity index (χ0n) is 8.68. The van der Waals surface area contributed by atoms with Crippen LogP contribution in [-0.4, -0.2) is 24.7 Å². The van der Waals surface area contributed by atoms with Gasteiger partial charge in [-0.3, -0.25) is 4.90 Å². The van der Waals surface area contributed by atoms with E-state index in [2.05, 4.69) is 0 Å². The minimum absolute atomic E-state index is 0.0428. The number of likely N-dealkylation sites (N-methyl/N-ethyl adjacent to an activating group) is 1. The van der Waals surface area contributed by atoms with Crippen LogP contribution < -0.4 is 0 Å². The van der Waals surface area contributed by atoms with E-state index in [0.29, 0.717) is 6.42 Å². The van der Waals surface area contributed by atoms with Crippen molar-refractivity contribution in [2.24, 2.45) is 0 Å². The molecule has 1 atom stereocenters. The fourth-order valence-electron chi connectivity index (χ4n) is 2.18. The zero-order chi connectivity index (χ0) is 11.9. The first-order valence-corrected chi connectivity index (χ1v) is 4.95. The molecule has 0 fully saturated rings. The summed E-state index contributed by atoms with van der Waals surface area (Å²) in [5, 5.41) is 0. The highest BCUT2D eigenvalue weighted by atomic mass is 19.4. The molecule has 1 unspecified atom stereocenters. The van der Waals surface area contributed by atoms with Gasteiger partial charge in [0, 0.05) is 6.54 Å². The number of fused-ring (bicyclic) bond motifs is 1. The number of hydrogen-bond acceptors (Lipinski definition) is 1. The Morgan fingerprint density at radius 1 is 1.31 bits per heavy atom. The summed E-state index contributed by atoms with van der Waals surface area (Å²) in [5.74, 6) is -0.542. The monoisotopic (exact) mass is 233 g/mol. The molecule has 0 aromatic heterocycles. The lowest BCUT2D eigenvalue weighted by molar-refractivity contribution is -0.185. The first kappa shape index (κ1) is 11.4. The Balaban J connectivity index is 2.53. The molecule has 88 valence electrons. The first-order valence-electron chi connectivity index (χ1n) is 4.95. The molecule has 0 amide bonds. The molecule has 16 heavy (non-hydrogen) atoms. The Kier molecular flexibility index (Phi) is 2.66. The lowest BCUT2D eigenvalue weighted by Crippen LogP contribution is -2.41. The van der Waals surface area contributed by atoms with Crippen LogP contribution >= 0.6 is 0 Å². The average Bonchev–Trinajstić information content (AvgIpc) is 2.15. The van der Waals surface area contributed by atoms with Crippen molar-refractivity contribution in [3.05, 3.63) is 35.1 Å². The van der Waals surface area contributed by atoms with Gasteiger partial charge in [0.1, 0.15) is 11.9 Å². The quantitative estimate of drug-likeness (QED) is 0.623. The normalized spacial score (nSPS) is 21.9. The van der Waals surface area contributed by atoms with Crippen LogP contribution in [0.25, 0.3) is 0 Å². The van der Waals surface area contributed by atoms with Gasteiger partial charge in [-0.05, 0) is 30.7 Å². The van der Waals surface area contributed by atoms with Crippen LogP contribution in [0, 0.1) is 5.82 Å². The molecule has 0 bridgehead atoms. The summed E-state index contributed by atoms with van der Waals surface area (Å²) >= 11 is 0. The molecule has 1 nitrogen and oxygen atoms in total. The lowest BCUT2D eigenvalue weighted by atomic mass is 9.92. The van der Waals surface area contributed by atoms with Crippen molar-refractivity contribution < 1.29 is 17.6 Å². The van der Waals surface area contributed by atoms with Gasteiger partial charge in [-0.1, -0.05) is 12.1 Å². The summed E-state index contributed by atoms with van der Waals surface area (Å²) in [6.07, 6.45) is -4.04. The standard InChI is InChI=1S/C11H11F4N/c1-16-6-5-7-8(3-2-4-9(7)12)10(16)11(13,14)15/h2-4,10H,5-6H2,1H3. The molecule has 1 aliphatic heterocycles. The van der Waals surface area contributed by atoms with E-state index in [-0.39, 0.29) is 17.7 Å². The van der Waals surface area contributed by atoms with Crippen molar-refractivity contribution in [3.8, 4) is 0 Å². The van der Waals surface area contributed by atoms with E-state index in [1.807, 2.05) is 0 Å².